The van der Waals surface area contributed by atoms with E-state index in [1.54, 1.807) is 101 Å². The molecule has 0 saturated carbocycles. The number of aliphatic imine (C=N–C) groups is 12. The molecule has 0 fully saturated rings. The summed E-state index contributed by atoms with van der Waals surface area (Å²) in [6.45, 7) is 108. The number of rotatable bonds is 56. The van der Waals surface area contributed by atoms with Gasteiger partial charge in [-0.05, 0) is 343 Å². The van der Waals surface area contributed by atoms with Crippen molar-refractivity contribution in [2.45, 2.75) is 398 Å². The van der Waals surface area contributed by atoms with E-state index < -0.39 is 0 Å². The van der Waals surface area contributed by atoms with Crippen LogP contribution in [0.3, 0.4) is 0 Å². The number of nitrogens with zero attached hydrogens (tertiary/aromatic N) is 24. The van der Waals surface area contributed by atoms with Gasteiger partial charge in [0.1, 0.15) is 0 Å². The molecule has 0 aromatic heterocycles. The predicted molar refractivity (Wildman–Crippen MR) is 685 cm³/mol. The summed E-state index contributed by atoms with van der Waals surface area (Å²) in [7, 11) is 42.6. The topological polar surface area (TPSA) is 332 Å². The maximum atomic E-state index is 4.11. The lowest BCUT2D eigenvalue weighted by atomic mass is 10.1. The van der Waals surface area contributed by atoms with E-state index in [1.165, 1.54) is 12.8 Å². The van der Waals surface area contributed by atoms with Crippen LogP contribution < -0.4 is 63.8 Å². The summed E-state index contributed by atoms with van der Waals surface area (Å²) in [5.41, 5.74) is 0.482. The highest BCUT2D eigenvalue weighted by atomic mass is 15.2. The fourth-order valence-electron chi connectivity index (χ4n) is 13.9. The summed E-state index contributed by atoms with van der Waals surface area (Å²) in [4.78, 5) is 75.6. The lowest BCUT2D eigenvalue weighted by Crippen LogP contribution is -2.48. The largest absolute Gasteiger partial charge is 0.373 e. The van der Waals surface area contributed by atoms with E-state index in [2.05, 4.69) is 488 Å². The second kappa shape index (κ2) is 112. The maximum Gasteiger partial charge on any atom is 0.0930 e. The summed E-state index contributed by atoms with van der Waals surface area (Å²) in [5.74, 6) is 6.04. The summed E-state index contributed by atoms with van der Waals surface area (Å²) in [6, 6.07) is 8.06. The van der Waals surface area contributed by atoms with Gasteiger partial charge in [0.25, 0.3) is 0 Å². The van der Waals surface area contributed by atoms with E-state index in [0.29, 0.717) is 96.7 Å². The zero-order valence-corrected chi connectivity index (χ0v) is 111. The van der Waals surface area contributed by atoms with Crippen molar-refractivity contribution in [1.29, 1.82) is 0 Å². The zero-order chi connectivity index (χ0) is 119. The SMILES string of the molecule is CCC(C)N(C)CC(C)NC(C)=NC.CCC(C)N(C)CC(C)NC=NC.CCN(C)CC(C)NC(C)=NC.CCN(C)CC(C)NC=NC.CCN(CC(C)NC(C)=NC)C(C)(C)C.CCN(CC(C)NC=NC)C(C)(C)C.CCN(CC)CC(C)NC(C)=NC.CCN(CC)CC(C)NC=NC.CN=C(C)NC(C)CN(C)C.CN=C(C)NC(C)CN(C)C(C)C.CN=CNC(C)CN(C)C.CN=CNC(C)CN(C)C(C)C. The van der Waals surface area contributed by atoms with Crippen LogP contribution in [0, 0.1) is 0 Å². The second-order valence-electron chi connectivity index (χ2n) is 42.9. The minimum Gasteiger partial charge on any atom is -0.373 e. The number of hydrogen-bond donors (Lipinski definition) is 12. The van der Waals surface area contributed by atoms with E-state index in [-0.39, 0.29) is 11.1 Å². The summed E-state index contributed by atoms with van der Waals surface area (Å²) in [5, 5.41) is 39.1. The predicted octanol–water partition coefficient (Wildman–Crippen LogP) is 13.9. The normalized spacial score (nSPS) is 15.2. The molecule has 0 heterocycles. The van der Waals surface area contributed by atoms with Gasteiger partial charge in [0.2, 0.25) is 0 Å². The Bertz CT molecular complexity index is 3180. The van der Waals surface area contributed by atoms with Gasteiger partial charge in [0.05, 0.1) is 73.0 Å². The van der Waals surface area contributed by atoms with E-state index in [9.17, 15) is 0 Å². The van der Waals surface area contributed by atoms with E-state index in [1.807, 2.05) is 62.7 Å². The minimum atomic E-state index is 0.238. The van der Waals surface area contributed by atoms with Crippen molar-refractivity contribution in [2.24, 2.45) is 59.9 Å². The fraction of sp³-hybridized carbons (Fsp3) is 0.895. The Balaban J connectivity index is -0.000000139. The first kappa shape index (κ1) is 168. The summed E-state index contributed by atoms with van der Waals surface area (Å²) < 4.78 is 0. The first-order valence-corrected chi connectivity index (χ1v) is 56.4. The van der Waals surface area contributed by atoms with Crippen molar-refractivity contribution < 1.29 is 0 Å². The third kappa shape index (κ3) is 125. The highest BCUT2D eigenvalue weighted by Crippen LogP contribution is 2.15. The molecule has 0 bridgehead atoms. The molecule has 0 rings (SSSR count). The van der Waals surface area contributed by atoms with Gasteiger partial charge in [0, 0.05) is 271 Å². The van der Waals surface area contributed by atoms with Crippen LogP contribution in [0.1, 0.15) is 290 Å². The van der Waals surface area contributed by atoms with Gasteiger partial charge >= 0.3 is 0 Å². The molecule has 900 valence electrons. The number of likely N-dealkylation sites (N-methyl/N-ethyl adjacent to an activating group) is 12. The van der Waals surface area contributed by atoms with Gasteiger partial charge in [-0.1, -0.05) is 69.2 Å². The molecule has 14 atom stereocenters. The van der Waals surface area contributed by atoms with Crippen LogP contribution >= 0.6 is 0 Å². The molecule has 0 aromatic carbocycles. The second-order valence-corrected chi connectivity index (χ2v) is 42.9. The molecule has 0 aliphatic heterocycles. The van der Waals surface area contributed by atoms with Crippen LogP contribution in [0.25, 0.3) is 0 Å². The van der Waals surface area contributed by atoms with Gasteiger partial charge in [-0.15, -0.1) is 0 Å². The van der Waals surface area contributed by atoms with E-state index in [4.69, 9.17) is 0 Å². The highest BCUT2D eigenvalue weighted by Gasteiger charge is 2.24. The Kier molecular flexibility index (Phi) is 125. The zero-order valence-electron chi connectivity index (χ0n) is 111. The van der Waals surface area contributed by atoms with Crippen LogP contribution in [-0.4, -0.2) is 526 Å². The Morgan fingerprint density at radius 2 is 0.393 bits per heavy atom. The average Bonchev–Trinajstić information content (AvgIpc) is 0.886. The molecule has 0 aliphatic carbocycles. The fourth-order valence-corrected chi connectivity index (χ4v) is 13.9. The molecule has 36 heteroatoms. The molecular formula is C114H264N36. The van der Waals surface area contributed by atoms with Crippen LogP contribution in [0.5, 0.6) is 0 Å². The first-order chi connectivity index (χ1) is 69.8. The van der Waals surface area contributed by atoms with Crippen LogP contribution in [-0.2, 0) is 0 Å². The van der Waals surface area contributed by atoms with Crippen molar-refractivity contribution >= 4 is 73.0 Å². The summed E-state index contributed by atoms with van der Waals surface area (Å²) >= 11 is 0. The van der Waals surface area contributed by atoms with E-state index >= 15 is 0 Å². The van der Waals surface area contributed by atoms with Crippen molar-refractivity contribution in [3.63, 3.8) is 0 Å². The Labute approximate surface area is 934 Å². The molecule has 36 nitrogen and oxygen atoms in total. The van der Waals surface area contributed by atoms with Crippen molar-refractivity contribution in [1.82, 2.24) is 123 Å². The van der Waals surface area contributed by atoms with Crippen molar-refractivity contribution in [2.75, 3.05) is 286 Å². The first-order valence-electron chi connectivity index (χ1n) is 56.4. The van der Waals surface area contributed by atoms with Crippen molar-refractivity contribution in [3.05, 3.63) is 0 Å². The smallest absolute Gasteiger partial charge is 0.0930 e. The third-order valence-electron chi connectivity index (χ3n) is 24.4. The number of nitrogens with one attached hydrogen (secondary N) is 12. The Morgan fingerprint density at radius 3 is 0.607 bits per heavy atom. The molecule has 0 amide bonds. The van der Waals surface area contributed by atoms with Crippen LogP contribution in [0.15, 0.2) is 59.9 Å². The molecule has 150 heavy (non-hydrogen) atoms. The van der Waals surface area contributed by atoms with Crippen LogP contribution in [0.2, 0.25) is 0 Å². The molecule has 0 saturated heterocycles. The van der Waals surface area contributed by atoms with E-state index in [0.717, 1.165) is 166 Å². The van der Waals surface area contributed by atoms with Gasteiger partial charge < -0.3 is 113 Å². The molecule has 0 spiro atoms. The highest BCUT2D eigenvalue weighted by molar-refractivity contribution is 5.81. The third-order valence-corrected chi connectivity index (χ3v) is 24.4. The van der Waals surface area contributed by atoms with Gasteiger partial charge in [-0.25, -0.2) is 0 Å². The molecule has 0 radical (unpaired) electrons. The Hall–Kier alpha value is -6.84. The monoisotopic (exact) mass is 2140 g/mol. The number of amidine groups is 6. The quantitative estimate of drug-likeness (QED) is 0.0199. The average molecular weight is 2140 g/mol. The molecule has 0 aromatic rings. The molecular weight excluding hydrogens is 1870 g/mol. The lowest BCUT2D eigenvalue weighted by Gasteiger charge is -2.36. The van der Waals surface area contributed by atoms with Gasteiger partial charge in [0.15, 0.2) is 0 Å². The molecule has 0 aliphatic rings. The lowest BCUT2D eigenvalue weighted by molar-refractivity contribution is 0.135. The standard InChI is InChI=1S/C12H27N3.2C11H25N3.3C10H23N3.3C9H21N3.2C8H19N3.C7H17N3/c1-8-15(12(4,5)6)9-10(2)14-11(3)13-7;1-7-14(11(3,4)5)8-10(2)13-9-12-6;1-7-10(3)14(6)8-9(2)13-11(4)12-5;1-8(2)13(6)7-9(3)12-10(4)11-5;1-6-10(3)13(5)7-9(2)12-8-11-4;1-6-13(7-2)8-9(3)12-10(4)11-5;1-8(2)12(5)6-9(3)11-7-10-4;1-6-12(5)7-8(2)11-9(3)10-4;1-5-12(6-2)7-9(3)11-8-10-4;1-7(6-11(4)5)10-8(2)9-3;1-5-11(4)6-8(2)10-7-9-3;1-7(5-10(3)4)9-6-8-2/h10H,8-9H2,1-7H3,(H,13,14);2*9-10H,7-8H2,1-6H3,(H,12,13);8-9H,7H2,1-6H3,(H,11,12);8-10H,6-7H2,1-5H3,(H,11,12);9H,6-8H2,1-5H3,(H,11,12);7-9H,6H2,1-5H3,(H,10,11);8H,6-7H2,1-5H3,(H,10,11);8-9H,5-7H2,1-4H3,(H,10,11);7H,6H2,1-5H3,(H,9,10);7-8H,5-6H2,1-4H3,(H,9,10);6-7H,5H2,1-4H3,(H,8,9). The van der Waals surface area contributed by atoms with Crippen molar-refractivity contribution in [3.8, 4) is 0 Å². The van der Waals surface area contributed by atoms with Crippen LogP contribution in [0.4, 0.5) is 0 Å². The maximum absolute atomic E-state index is 4.11. The van der Waals surface area contributed by atoms with Gasteiger partial charge in [-0.2, -0.15) is 0 Å². The molecule has 14 unspecified atom stereocenters. The summed E-state index contributed by atoms with van der Waals surface area (Å²) in [6.07, 6.45) is 12.9. The minimum absolute atomic E-state index is 0.238. The van der Waals surface area contributed by atoms with Gasteiger partial charge in [-0.3, -0.25) is 69.7 Å². The molecule has 12 N–H and O–H groups in total. The number of hydrogen-bond acceptors (Lipinski definition) is 24. The Morgan fingerprint density at radius 1 is 0.220 bits per heavy atom.